The van der Waals surface area contributed by atoms with Gasteiger partial charge >= 0.3 is 0 Å². The fraction of sp³-hybridized carbons (Fsp3) is 0.500. The van der Waals surface area contributed by atoms with Crippen LogP contribution >= 0.6 is 11.6 Å². The lowest BCUT2D eigenvalue weighted by molar-refractivity contribution is 0.0762. The third-order valence-corrected chi connectivity index (χ3v) is 6.50. The van der Waals surface area contributed by atoms with Gasteiger partial charge in [-0.05, 0) is 54.5 Å². The summed E-state index contributed by atoms with van der Waals surface area (Å²) in [5.74, 6) is 0. The standard InChI is InChI=1S/C24H31ClN2O/c1-3-19-16-20(8-9-22(19)27-14-12-26-13-15-27)23(28-17-24(25)10-11-24)21-7-5-4-6-18(21)2/h4-9,16,23,26H,3,10-15,17H2,1-2H3. The minimum Gasteiger partial charge on any atom is -0.369 e. The van der Waals surface area contributed by atoms with Crippen molar-refractivity contribution >= 4 is 17.3 Å². The first kappa shape index (κ1) is 19.8. The average molecular weight is 399 g/mol. The molecule has 2 aromatic rings. The molecular weight excluding hydrogens is 368 g/mol. The molecule has 1 saturated carbocycles. The van der Waals surface area contributed by atoms with Crippen LogP contribution in [-0.2, 0) is 11.2 Å². The predicted octanol–water partition coefficient (Wildman–Crippen LogP) is 4.84. The maximum atomic E-state index is 6.55. The first-order valence-corrected chi connectivity index (χ1v) is 10.9. The number of aryl methyl sites for hydroxylation is 2. The maximum Gasteiger partial charge on any atom is 0.108 e. The second-order valence-electron chi connectivity index (χ2n) is 8.18. The normalized spacial score (nSPS) is 19.5. The van der Waals surface area contributed by atoms with Crippen LogP contribution in [0.25, 0.3) is 0 Å². The summed E-state index contributed by atoms with van der Waals surface area (Å²) in [5.41, 5.74) is 6.49. The van der Waals surface area contributed by atoms with Crippen molar-refractivity contribution in [2.75, 3.05) is 37.7 Å². The summed E-state index contributed by atoms with van der Waals surface area (Å²) in [6, 6.07) is 15.4. The van der Waals surface area contributed by atoms with E-state index in [2.05, 4.69) is 66.5 Å². The van der Waals surface area contributed by atoms with Crippen molar-refractivity contribution in [3.8, 4) is 0 Å². The maximum absolute atomic E-state index is 6.55. The van der Waals surface area contributed by atoms with Gasteiger partial charge in [-0.1, -0.05) is 43.3 Å². The first-order valence-electron chi connectivity index (χ1n) is 10.5. The average Bonchev–Trinajstić information content (AvgIpc) is 3.47. The fourth-order valence-electron chi connectivity index (χ4n) is 4.03. The zero-order valence-electron chi connectivity index (χ0n) is 17.0. The lowest BCUT2D eigenvalue weighted by atomic mass is 9.94. The number of halogens is 1. The van der Waals surface area contributed by atoms with E-state index in [1.165, 1.54) is 27.9 Å². The Balaban J connectivity index is 1.65. The molecule has 1 unspecified atom stereocenters. The highest BCUT2D eigenvalue weighted by Crippen LogP contribution is 2.44. The highest BCUT2D eigenvalue weighted by atomic mass is 35.5. The molecule has 28 heavy (non-hydrogen) atoms. The summed E-state index contributed by atoms with van der Waals surface area (Å²) in [6.07, 6.45) is 3.06. The molecule has 2 aliphatic rings. The van der Waals surface area contributed by atoms with Gasteiger partial charge in [0.2, 0.25) is 0 Å². The lowest BCUT2D eigenvalue weighted by Gasteiger charge is -2.32. The molecule has 0 radical (unpaired) electrons. The van der Waals surface area contributed by atoms with Crippen LogP contribution < -0.4 is 10.2 Å². The molecule has 3 nitrogen and oxygen atoms in total. The second-order valence-corrected chi connectivity index (χ2v) is 8.98. The molecule has 4 heteroatoms. The van der Waals surface area contributed by atoms with E-state index in [1.54, 1.807) is 0 Å². The van der Waals surface area contributed by atoms with E-state index in [4.69, 9.17) is 16.3 Å². The van der Waals surface area contributed by atoms with Crippen LogP contribution in [0.15, 0.2) is 42.5 Å². The third kappa shape index (κ3) is 4.37. The van der Waals surface area contributed by atoms with Gasteiger partial charge in [0.1, 0.15) is 6.10 Å². The summed E-state index contributed by atoms with van der Waals surface area (Å²) in [6.45, 7) is 9.25. The van der Waals surface area contributed by atoms with E-state index in [1.807, 2.05) is 0 Å². The summed E-state index contributed by atoms with van der Waals surface area (Å²) in [5, 5.41) is 3.44. The lowest BCUT2D eigenvalue weighted by Crippen LogP contribution is -2.43. The predicted molar refractivity (Wildman–Crippen MR) is 118 cm³/mol. The fourth-order valence-corrected chi connectivity index (χ4v) is 4.18. The Morgan fingerprint density at radius 1 is 1.14 bits per heavy atom. The smallest absolute Gasteiger partial charge is 0.108 e. The van der Waals surface area contributed by atoms with Gasteiger partial charge < -0.3 is 15.0 Å². The van der Waals surface area contributed by atoms with E-state index >= 15 is 0 Å². The van der Waals surface area contributed by atoms with Crippen molar-refractivity contribution in [3.05, 3.63) is 64.7 Å². The molecule has 0 spiro atoms. The van der Waals surface area contributed by atoms with Gasteiger partial charge in [0, 0.05) is 31.9 Å². The van der Waals surface area contributed by atoms with Gasteiger partial charge in [-0.15, -0.1) is 11.6 Å². The molecule has 2 aromatic carbocycles. The Morgan fingerprint density at radius 2 is 1.89 bits per heavy atom. The molecule has 1 N–H and O–H groups in total. The molecule has 0 bridgehead atoms. The zero-order valence-corrected chi connectivity index (χ0v) is 17.8. The van der Waals surface area contributed by atoms with Crippen molar-refractivity contribution in [1.82, 2.24) is 5.32 Å². The summed E-state index contributed by atoms with van der Waals surface area (Å²) in [7, 11) is 0. The van der Waals surface area contributed by atoms with Crippen LogP contribution in [0.1, 0.15) is 48.1 Å². The van der Waals surface area contributed by atoms with E-state index in [-0.39, 0.29) is 11.0 Å². The Bertz CT molecular complexity index is 812. The topological polar surface area (TPSA) is 24.5 Å². The van der Waals surface area contributed by atoms with Crippen molar-refractivity contribution < 1.29 is 4.74 Å². The number of alkyl halides is 1. The second kappa shape index (κ2) is 8.44. The first-order chi connectivity index (χ1) is 13.6. The van der Waals surface area contributed by atoms with Crippen molar-refractivity contribution in [3.63, 3.8) is 0 Å². The third-order valence-electron chi connectivity index (χ3n) is 6.02. The Kier molecular flexibility index (Phi) is 5.96. The highest BCUT2D eigenvalue weighted by Gasteiger charge is 2.41. The van der Waals surface area contributed by atoms with Crippen LogP contribution in [0.2, 0.25) is 0 Å². The van der Waals surface area contributed by atoms with Gasteiger partial charge in [0.25, 0.3) is 0 Å². The number of hydrogen-bond donors (Lipinski definition) is 1. The summed E-state index contributed by atoms with van der Waals surface area (Å²) in [4.78, 5) is 2.36. The number of piperazine rings is 1. The molecule has 1 aliphatic carbocycles. The van der Waals surface area contributed by atoms with E-state index in [0.29, 0.717) is 6.61 Å². The molecule has 0 amide bonds. The molecule has 4 rings (SSSR count). The Labute approximate surface area is 174 Å². The quantitative estimate of drug-likeness (QED) is 0.675. The van der Waals surface area contributed by atoms with Crippen LogP contribution in [0.5, 0.6) is 0 Å². The van der Waals surface area contributed by atoms with Crippen LogP contribution in [0, 0.1) is 6.92 Å². The molecule has 150 valence electrons. The monoisotopic (exact) mass is 398 g/mol. The van der Waals surface area contributed by atoms with Gasteiger partial charge in [-0.2, -0.15) is 0 Å². The molecule has 2 fully saturated rings. The van der Waals surface area contributed by atoms with E-state index in [9.17, 15) is 0 Å². The van der Waals surface area contributed by atoms with Crippen molar-refractivity contribution in [1.29, 1.82) is 0 Å². The summed E-state index contributed by atoms with van der Waals surface area (Å²) >= 11 is 6.55. The van der Waals surface area contributed by atoms with Gasteiger partial charge in [-0.25, -0.2) is 0 Å². The number of nitrogens with zero attached hydrogens (tertiary/aromatic N) is 1. The van der Waals surface area contributed by atoms with Crippen LogP contribution in [0.3, 0.4) is 0 Å². The Morgan fingerprint density at radius 3 is 2.57 bits per heavy atom. The minimum atomic E-state index is -0.144. The zero-order chi connectivity index (χ0) is 19.6. The summed E-state index contributed by atoms with van der Waals surface area (Å²) < 4.78 is 6.45. The van der Waals surface area contributed by atoms with Gasteiger partial charge in [-0.3, -0.25) is 0 Å². The van der Waals surface area contributed by atoms with Crippen LogP contribution in [0.4, 0.5) is 5.69 Å². The molecule has 0 aromatic heterocycles. The molecule has 1 aliphatic heterocycles. The number of nitrogens with one attached hydrogen (secondary N) is 1. The van der Waals surface area contributed by atoms with Crippen molar-refractivity contribution in [2.24, 2.45) is 0 Å². The number of hydrogen-bond acceptors (Lipinski definition) is 3. The molecular formula is C24H31ClN2O. The SMILES string of the molecule is CCc1cc(C(OCC2(Cl)CC2)c2ccccc2C)ccc1N1CCNCC1. The van der Waals surface area contributed by atoms with Gasteiger partial charge in [0.05, 0.1) is 11.5 Å². The molecule has 1 saturated heterocycles. The van der Waals surface area contributed by atoms with Crippen molar-refractivity contribution in [2.45, 2.75) is 44.1 Å². The van der Waals surface area contributed by atoms with E-state index < -0.39 is 0 Å². The van der Waals surface area contributed by atoms with E-state index in [0.717, 1.165) is 45.4 Å². The van der Waals surface area contributed by atoms with Crippen LogP contribution in [-0.4, -0.2) is 37.7 Å². The number of ether oxygens (including phenoxy) is 1. The molecule has 1 atom stereocenters. The number of benzene rings is 2. The minimum absolute atomic E-state index is 0.0696. The highest BCUT2D eigenvalue weighted by molar-refractivity contribution is 6.26. The number of rotatable bonds is 7. The Hall–Kier alpha value is -1.55. The largest absolute Gasteiger partial charge is 0.369 e. The molecule has 1 heterocycles. The number of anilines is 1. The van der Waals surface area contributed by atoms with Gasteiger partial charge in [0.15, 0.2) is 0 Å².